The molecule has 162 valence electrons. The van der Waals surface area contributed by atoms with Crippen LogP contribution in [0.2, 0.25) is 5.02 Å². The zero-order chi connectivity index (χ0) is 22.4. The van der Waals surface area contributed by atoms with Crippen molar-refractivity contribution in [1.82, 2.24) is 0 Å². The fourth-order valence-electron chi connectivity index (χ4n) is 2.70. The van der Waals surface area contributed by atoms with Crippen molar-refractivity contribution in [3.05, 3.63) is 77.8 Å². The van der Waals surface area contributed by atoms with Crippen molar-refractivity contribution in [2.45, 2.75) is 4.90 Å². The van der Waals surface area contributed by atoms with Gasteiger partial charge >= 0.3 is 0 Å². The van der Waals surface area contributed by atoms with Crippen LogP contribution >= 0.6 is 11.6 Å². The number of halogens is 1. The van der Waals surface area contributed by atoms with Gasteiger partial charge in [0.05, 0.1) is 22.7 Å². The number of amides is 1. The van der Waals surface area contributed by atoms with Crippen molar-refractivity contribution in [3.8, 4) is 11.5 Å². The van der Waals surface area contributed by atoms with Gasteiger partial charge in [-0.05, 0) is 54.6 Å². The van der Waals surface area contributed by atoms with E-state index < -0.39 is 10.0 Å². The molecule has 1 N–H and O–H groups in total. The van der Waals surface area contributed by atoms with Gasteiger partial charge < -0.3 is 14.4 Å². The van der Waals surface area contributed by atoms with E-state index in [-0.39, 0.29) is 22.4 Å². The van der Waals surface area contributed by atoms with E-state index in [9.17, 15) is 13.2 Å². The maximum Gasteiger partial charge on any atom is 0.264 e. The molecule has 3 aromatic carbocycles. The Morgan fingerprint density at radius 2 is 1.71 bits per heavy atom. The van der Waals surface area contributed by atoms with Crippen LogP contribution in [-0.2, 0) is 14.8 Å². The summed E-state index contributed by atoms with van der Waals surface area (Å²) >= 11 is 6.04. The van der Waals surface area contributed by atoms with Gasteiger partial charge in [0.25, 0.3) is 15.9 Å². The largest absolute Gasteiger partial charge is 0.495 e. The third-order valence-electron chi connectivity index (χ3n) is 4.42. The second-order valence-corrected chi connectivity index (χ2v) is 8.59. The number of carbonyl (C=O) groups excluding carboxylic acids is 1. The molecule has 3 rings (SSSR count). The number of anilines is 2. The van der Waals surface area contributed by atoms with E-state index >= 15 is 0 Å². The summed E-state index contributed by atoms with van der Waals surface area (Å²) in [6.45, 7) is -0.180. The van der Waals surface area contributed by atoms with E-state index in [0.29, 0.717) is 17.2 Å². The van der Waals surface area contributed by atoms with E-state index in [2.05, 4.69) is 4.72 Å². The maximum absolute atomic E-state index is 12.6. The van der Waals surface area contributed by atoms with E-state index in [1.807, 2.05) is 30.3 Å². The monoisotopic (exact) mass is 460 g/mol. The first-order chi connectivity index (χ1) is 14.8. The molecule has 0 unspecified atom stereocenters. The van der Waals surface area contributed by atoms with E-state index in [1.165, 1.54) is 42.3 Å². The van der Waals surface area contributed by atoms with Gasteiger partial charge in [-0.25, -0.2) is 8.42 Å². The molecule has 0 aliphatic rings. The van der Waals surface area contributed by atoms with Crippen LogP contribution in [0.3, 0.4) is 0 Å². The summed E-state index contributed by atoms with van der Waals surface area (Å²) in [5.74, 6) is 0.584. The van der Waals surface area contributed by atoms with Gasteiger partial charge in [0.15, 0.2) is 6.61 Å². The number of methoxy groups -OCH3 is 1. The molecule has 0 radical (unpaired) electrons. The number of rotatable bonds is 8. The van der Waals surface area contributed by atoms with Crippen LogP contribution in [0, 0.1) is 0 Å². The lowest BCUT2D eigenvalue weighted by Crippen LogP contribution is -2.31. The minimum atomic E-state index is -3.83. The SMILES string of the molecule is COc1ccc(NS(=O)(=O)c2ccc(OCC(=O)N(C)c3ccccc3)cc2)cc1Cl. The average molecular weight is 461 g/mol. The highest BCUT2D eigenvalue weighted by molar-refractivity contribution is 7.92. The molecule has 9 heteroatoms. The van der Waals surface area contributed by atoms with Crippen molar-refractivity contribution in [2.24, 2.45) is 0 Å². The van der Waals surface area contributed by atoms with E-state index in [1.54, 1.807) is 19.2 Å². The summed E-state index contributed by atoms with van der Waals surface area (Å²) in [5, 5.41) is 0.289. The van der Waals surface area contributed by atoms with Crippen LogP contribution in [0.15, 0.2) is 77.7 Å². The molecule has 0 heterocycles. The number of nitrogens with one attached hydrogen (secondary N) is 1. The minimum absolute atomic E-state index is 0.0412. The predicted octanol–water partition coefficient (Wildman–Crippen LogP) is 4.19. The topological polar surface area (TPSA) is 84.9 Å². The lowest BCUT2D eigenvalue weighted by Gasteiger charge is -2.17. The smallest absolute Gasteiger partial charge is 0.264 e. The molecule has 0 bridgehead atoms. The summed E-state index contributed by atoms with van der Waals surface area (Å²) in [5.41, 5.74) is 1.06. The minimum Gasteiger partial charge on any atom is -0.495 e. The standard InChI is InChI=1S/C22H21ClN2O5S/c1-25(17-6-4-3-5-7-17)22(26)15-30-18-9-11-19(12-10-18)31(27,28)24-16-8-13-21(29-2)20(23)14-16/h3-14,24H,15H2,1-2H3. The number of sulfonamides is 1. The van der Waals surface area contributed by atoms with Gasteiger partial charge in [-0.2, -0.15) is 0 Å². The molecular weight excluding hydrogens is 440 g/mol. The summed E-state index contributed by atoms with van der Waals surface area (Å²) in [4.78, 5) is 13.8. The van der Waals surface area contributed by atoms with Crippen molar-refractivity contribution in [3.63, 3.8) is 0 Å². The molecule has 0 atom stereocenters. The molecule has 1 amide bonds. The van der Waals surface area contributed by atoms with Crippen LogP contribution in [0.1, 0.15) is 0 Å². The molecule has 0 saturated carbocycles. The van der Waals surface area contributed by atoms with E-state index in [0.717, 1.165) is 5.69 Å². The molecule has 3 aromatic rings. The van der Waals surface area contributed by atoms with Crippen molar-refractivity contribution in [2.75, 3.05) is 30.4 Å². The first kappa shape index (κ1) is 22.5. The second-order valence-electron chi connectivity index (χ2n) is 6.50. The third-order valence-corrected chi connectivity index (χ3v) is 6.11. The molecular formula is C22H21ClN2O5S. The highest BCUT2D eigenvalue weighted by atomic mass is 35.5. The Balaban J connectivity index is 1.62. The van der Waals surface area contributed by atoms with Crippen LogP contribution in [0.4, 0.5) is 11.4 Å². The normalized spacial score (nSPS) is 10.9. The van der Waals surface area contributed by atoms with Crippen molar-refractivity contribution < 1.29 is 22.7 Å². The Hall–Kier alpha value is -3.23. The average Bonchev–Trinajstić information content (AvgIpc) is 2.77. The first-order valence-electron chi connectivity index (χ1n) is 9.21. The number of nitrogens with zero attached hydrogens (tertiary/aromatic N) is 1. The second kappa shape index (κ2) is 9.72. The third kappa shape index (κ3) is 5.68. The zero-order valence-corrected chi connectivity index (χ0v) is 18.5. The maximum atomic E-state index is 12.6. The predicted molar refractivity (Wildman–Crippen MR) is 121 cm³/mol. The first-order valence-corrected chi connectivity index (χ1v) is 11.1. The number of hydrogen-bond donors (Lipinski definition) is 1. The van der Waals surface area contributed by atoms with Crippen molar-refractivity contribution in [1.29, 1.82) is 0 Å². The molecule has 0 aliphatic carbocycles. The number of para-hydroxylation sites is 1. The Morgan fingerprint density at radius 3 is 2.32 bits per heavy atom. The van der Waals surface area contributed by atoms with Gasteiger partial charge in [0.1, 0.15) is 11.5 Å². The number of ether oxygens (including phenoxy) is 2. The fourth-order valence-corrected chi connectivity index (χ4v) is 4.00. The number of hydrogen-bond acceptors (Lipinski definition) is 5. The Kier molecular flexibility index (Phi) is 7.04. The van der Waals surface area contributed by atoms with Crippen LogP contribution in [-0.4, -0.2) is 35.1 Å². The zero-order valence-electron chi connectivity index (χ0n) is 16.9. The number of carbonyl (C=O) groups is 1. The van der Waals surface area contributed by atoms with Crippen LogP contribution in [0.5, 0.6) is 11.5 Å². The molecule has 7 nitrogen and oxygen atoms in total. The van der Waals surface area contributed by atoms with Gasteiger partial charge in [0.2, 0.25) is 0 Å². The Morgan fingerprint density at radius 1 is 1.03 bits per heavy atom. The molecule has 0 aliphatic heterocycles. The molecule has 31 heavy (non-hydrogen) atoms. The van der Waals surface area contributed by atoms with E-state index in [4.69, 9.17) is 21.1 Å². The summed E-state index contributed by atoms with van der Waals surface area (Å²) in [6.07, 6.45) is 0. The lowest BCUT2D eigenvalue weighted by atomic mass is 10.3. The van der Waals surface area contributed by atoms with Gasteiger partial charge in [0, 0.05) is 12.7 Å². The summed E-state index contributed by atoms with van der Waals surface area (Å²) in [7, 11) is -0.693. The lowest BCUT2D eigenvalue weighted by molar-refractivity contribution is -0.120. The Labute approximate surface area is 186 Å². The molecule has 0 spiro atoms. The highest BCUT2D eigenvalue weighted by Crippen LogP contribution is 2.28. The molecule has 0 fully saturated rings. The highest BCUT2D eigenvalue weighted by Gasteiger charge is 2.16. The van der Waals surface area contributed by atoms with Gasteiger partial charge in [-0.15, -0.1) is 0 Å². The summed E-state index contributed by atoms with van der Waals surface area (Å²) in [6, 6.07) is 19.5. The molecule has 0 aromatic heterocycles. The Bertz CT molecular complexity index is 1150. The number of likely N-dealkylation sites (N-methyl/N-ethyl adjacent to an activating group) is 1. The fraction of sp³-hybridized carbons (Fsp3) is 0.136. The molecule has 0 saturated heterocycles. The van der Waals surface area contributed by atoms with Crippen molar-refractivity contribution >= 4 is 38.9 Å². The summed E-state index contributed by atoms with van der Waals surface area (Å²) < 4.78 is 38.2. The van der Waals surface area contributed by atoms with Crippen LogP contribution < -0.4 is 19.1 Å². The van der Waals surface area contributed by atoms with Gasteiger partial charge in [-0.1, -0.05) is 29.8 Å². The van der Waals surface area contributed by atoms with Crippen LogP contribution in [0.25, 0.3) is 0 Å². The quantitative estimate of drug-likeness (QED) is 0.544. The number of benzene rings is 3. The van der Waals surface area contributed by atoms with Gasteiger partial charge in [-0.3, -0.25) is 9.52 Å².